The molecule has 0 saturated heterocycles. The van der Waals surface area contributed by atoms with E-state index < -0.39 is 6.43 Å². The van der Waals surface area contributed by atoms with Gasteiger partial charge in [0, 0.05) is 45.5 Å². The molecule has 4 nitrogen and oxygen atoms in total. The van der Waals surface area contributed by atoms with Gasteiger partial charge in [-0.25, -0.2) is 13.8 Å². The molecular weight excluding hydrogens is 214 g/mol. The number of halogens is 2. The van der Waals surface area contributed by atoms with E-state index in [-0.39, 0.29) is 6.54 Å². The van der Waals surface area contributed by atoms with Crippen LogP contribution in [-0.2, 0) is 13.5 Å². The Morgan fingerprint density at radius 1 is 1.50 bits per heavy atom. The lowest BCUT2D eigenvalue weighted by Gasteiger charge is -2.20. The normalized spacial score (nSPS) is 11.6. The zero-order chi connectivity index (χ0) is 12.0. The number of alkyl halides is 2. The van der Waals surface area contributed by atoms with Gasteiger partial charge in [0.2, 0.25) is 0 Å². The van der Waals surface area contributed by atoms with Gasteiger partial charge in [0.05, 0.1) is 6.54 Å². The zero-order valence-corrected chi connectivity index (χ0v) is 9.44. The van der Waals surface area contributed by atoms with Gasteiger partial charge in [-0.3, -0.25) is 4.90 Å². The van der Waals surface area contributed by atoms with Crippen LogP contribution in [0.3, 0.4) is 0 Å². The Morgan fingerprint density at radius 3 is 2.75 bits per heavy atom. The maximum atomic E-state index is 12.2. The van der Waals surface area contributed by atoms with Gasteiger partial charge in [-0.1, -0.05) is 0 Å². The Labute approximate surface area is 94.1 Å². The van der Waals surface area contributed by atoms with Crippen LogP contribution in [0.1, 0.15) is 5.82 Å². The highest BCUT2D eigenvalue weighted by Crippen LogP contribution is 2.01. The molecule has 2 N–H and O–H groups in total. The Kier molecular flexibility index (Phi) is 5.34. The summed E-state index contributed by atoms with van der Waals surface area (Å²) in [5, 5.41) is 0. The first-order valence-electron chi connectivity index (χ1n) is 5.30. The Balaban J connectivity index is 2.40. The fraction of sp³-hybridized carbons (Fsp3) is 0.700. The molecule has 0 spiro atoms. The lowest BCUT2D eigenvalue weighted by atomic mass is 10.3. The fourth-order valence-electron chi connectivity index (χ4n) is 1.57. The molecule has 0 aliphatic carbocycles. The van der Waals surface area contributed by atoms with Crippen molar-refractivity contribution in [1.29, 1.82) is 0 Å². The minimum Gasteiger partial charge on any atom is -0.338 e. The Hall–Kier alpha value is -1.01. The van der Waals surface area contributed by atoms with Crippen LogP contribution in [-0.4, -0.2) is 47.1 Å². The van der Waals surface area contributed by atoms with Crippen molar-refractivity contribution < 1.29 is 8.78 Å². The van der Waals surface area contributed by atoms with E-state index in [9.17, 15) is 8.78 Å². The topological polar surface area (TPSA) is 47.1 Å². The molecule has 1 rings (SSSR count). The molecule has 1 heterocycles. The molecule has 0 fully saturated rings. The van der Waals surface area contributed by atoms with Crippen molar-refractivity contribution in [2.24, 2.45) is 12.8 Å². The molecule has 0 saturated carbocycles. The Morgan fingerprint density at radius 2 is 2.25 bits per heavy atom. The van der Waals surface area contributed by atoms with Gasteiger partial charge in [-0.05, 0) is 0 Å². The summed E-state index contributed by atoms with van der Waals surface area (Å²) in [6.07, 6.45) is 1.90. The summed E-state index contributed by atoms with van der Waals surface area (Å²) in [5.41, 5.74) is 5.38. The number of aryl methyl sites for hydroxylation is 1. The maximum Gasteiger partial charge on any atom is 0.251 e. The number of hydrogen-bond donors (Lipinski definition) is 1. The standard InChI is InChI=1S/C10H18F2N4/c1-15-7-4-14-10(15)2-5-16(6-3-13)8-9(11)12/h4,7,9H,2-3,5-6,8,13H2,1H3. The average Bonchev–Trinajstić information content (AvgIpc) is 2.60. The Bertz CT molecular complexity index is 301. The van der Waals surface area contributed by atoms with Gasteiger partial charge < -0.3 is 10.3 Å². The average molecular weight is 232 g/mol. The molecule has 6 heteroatoms. The third kappa shape index (κ3) is 4.24. The largest absolute Gasteiger partial charge is 0.338 e. The second-order valence-electron chi connectivity index (χ2n) is 3.68. The van der Waals surface area contributed by atoms with E-state index in [2.05, 4.69) is 4.98 Å². The lowest BCUT2D eigenvalue weighted by Crippen LogP contribution is -2.35. The second-order valence-corrected chi connectivity index (χ2v) is 3.68. The smallest absolute Gasteiger partial charge is 0.251 e. The predicted molar refractivity (Wildman–Crippen MR) is 58.4 cm³/mol. The minimum atomic E-state index is -2.31. The maximum absolute atomic E-state index is 12.2. The summed E-state index contributed by atoms with van der Waals surface area (Å²) in [5.74, 6) is 0.899. The van der Waals surface area contributed by atoms with Gasteiger partial charge in [-0.2, -0.15) is 0 Å². The molecule has 92 valence electrons. The molecule has 0 aromatic carbocycles. The molecule has 0 amide bonds. The molecule has 0 atom stereocenters. The molecule has 16 heavy (non-hydrogen) atoms. The number of nitrogens with two attached hydrogens (primary N) is 1. The van der Waals surface area contributed by atoms with Crippen LogP contribution in [0.5, 0.6) is 0 Å². The van der Waals surface area contributed by atoms with E-state index in [1.54, 1.807) is 11.1 Å². The summed E-state index contributed by atoms with van der Waals surface area (Å²) < 4.78 is 26.4. The predicted octanol–water partition coefficient (Wildman–Crippen LogP) is 0.488. The van der Waals surface area contributed by atoms with E-state index in [0.717, 1.165) is 5.82 Å². The van der Waals surface area contributed by atoms with Crippen LogP contribution >= 0.6 is 0 Å². The number of hydrogen-bond acceptors (Lipinski definition) is 3. The van der Waals surface area contributed by atoms with Gasteiger partial charge >= 0.3 is 0 Å². The van der Waals surface area contributed by atoms with E-state index >= 15 is 0 Å². The van der Waals surface area contributed by atoms with Crippen LogP contribution in [0, 0.1) is 0 Å². The number of nitrogens with zero attached hydrogens (tertiary/aromatic N) is 3. The van der Waals surface area contributed by atoms with Gasteiger partial charge in [-0.15, -0.1) is 0 Å². The van der Waals surface area contributed by atoms with Crippen molar-refractivity contribution in [2.45, 2.75) is 12.8 Å². The molecule has 0 unspecified atom stereocenters. The van der Waals surface area contributed by atoms with E-state index in [4.69, 9.17) is 5.73 Å². The van der Waals surface area contributed by atoms with Gasteiger partial charge in [0.15, 0.2) is 0 Å². The fourth-order valence-corrected chi connectivity index (χ4v) is 1.57. The minimum absolute atomic E-state index is 0.221. The first-order valence-corrected chi connectivity index (χ1v) is 5.30. The molecular formula is C10H18F2N4. The van der Waals surface area contributed by atoms with Crippen LogP contribution in [0.2, 0.25) is 0 Å². The van der Waals surface area contributed by atoms with Crippen molar-refractivity contribution in [2.75, 3.05) is 26.2 Å². The molecule has 1 aromatic heterocycles. The molecule has 0 bridgehead atoms. The van der Waals surface area contributed by atoms with Crippen molar-refractivity contribution in [1.82, 2.24) is 14.5 Å². The van der Waals surface area contributed by atoms with Crippen LogP contribution in [0.15, 0.2) is 12.4 Å². The van der Waals surface area contributed by atoms with Crippen LogP contribution in [0.4, 0.5) is 8.78 Å². The van der Waals surface area contributed by atoms with Crippen molar-refractivity contribution in [3.8, 4) is 0 Å². The highest BCUT2D eigenvalue weighted by molar-refractivity contribution is 4.91. The molecule has 0 radical (unpaired) electrons. The van der Waals surface area contributed by atoms with E-state index in [1.807, 2.05) is 17.8 Å². The van der Waals surface area contributed by atoms with Crippen molar-refractivity contribution >= 4 is 0 Å². The summed E-state index contributed by atoms with van der Waals surface area (Å²) >= 11 is 0. The third-order valence-corrected chi connectivity index (χ3v) is 2.41. The zero-order valence-electron chi connectivity index (χ0n) is 9.44. The molecule has 0 aliphatic rings. The number of imidazole rings is 1. The monoisotopic (exact) mass is 232 g/mol. The first kappa shape index (κ1) is 13.1. The van der Waals surface area contributed by atoms with E-state index in [0.29, 0.717) is 26.1 Å². The quantitative estimate of drug-likeness (QED) is 0.744. The molecule has 0 aliphatic heterocycles. The second kappa shape index (κ2) is 6.55. The van der Waals surface area contributed by atoms with Crippen LogP contribution < -0.4 is 5.73 Å². The summed E-state index contributed by atoms with van der Waals surface area (Å²) in [6, 6.07) is 0. The highest BCUT2D eigenvalue weighted by Gasteiger charge is 2.12. The number of aromatic nitrogens is 2. The molecule has 1 aromatic rings. The first-order chi connectivity index (χ1) is 7.63. The van der Waals surface area contributed by atoms with E-state index in [1.165, 1.54) is 0 Å². The number of rotatable bonds is 7. The van der Waals surface area contributed by atoms with Crippen LogP contribution in [0.25, 0.3) is 0 Å². The SMILES string of the molecule is Cn1ccnc1CCN(CCN)CC(F)F. The lowest BCUT2D eigenvalue weighted by molar-refractivity contribution is 0.0898. The van der Waals surface area contributed by atoms with Gasteiger partial charge in [0.25, 0.3) is 6.43 Å². The summed E-state index contributed by atoms with van der Waals surface area (Å²) in [7, 11) is 1.89. The third-order valence-electron chi connectivity index (χ3n) is 2.41. The van der Waals surface area contributed by atoms with Crippen molar-refractivity contribution in [3.63, 3.8) is 0 Å². The summed E-state index contributed by atoms with van der Waals surface area (Å²) in [6.45, 7) is 1.23. The van der Waals surface area contributed by atoms with Crippen molar-refractivity contribution in [3.05, 3.63) is 18.2 Å². The van der Waals surface area contributed by atoms with Gasteiger partial charge in [0.1, 0.15) is 5.82 Å². The highest BCUT2D eigenvalue weighted by atomic mass is 19.3. The summed E-state index contributed by atoms with van der Waals surface area (Å²) in [4.78, 5) is 5.81.